The number of ether oxygens (including phenoxy) is 1. The highest BCUT2D eigenvalue weighted by Crippen LogP contribution is 2.26. The Morgan fingerprint density at radius 3 is 2.88 bits per heavy atom. The van der Waals surface area contributed by atoms with Crippen LogP contribution in [0.15, 0.2) is 12.3 Å². The van der Waals surface area contributed by atoms with Gasteiger partial charge in [-0.25, -0.2) is 4.98 Å². The van der Waals surface area contributed by atoms with E-state index in [0.717, 1.165) is 34.9 Å². The average Bonchev–Trinajstić information content (AvgIpc) is 2.60. The zero-order chi connectivity index (χ0) is 11.7. The Morgan fingerprint density at radius 1 is 1.56 bits per heavy atom. The van der Waals surface area contributed by atoms with Crippen LogP contribution in [-0.4, -0.2) is 22.9 Å². The monoisotopic (exact) mass is 218 g/mol. The van der Waals surface area contributed by atoms with Gasteiger partial charge >= 0.3 is 0 Å². The number of carbonyl (C=O) groups excluding carboxylic acids is 1. The summed E-state index contributed by atoms with van der Waals surface area (Å²) >= 11 is 0. The van der Waals surface area contributed by atoms with E-state index in [1.807, 2.05) is 18.5 Å². The van der Waals surface area contributed by atoms with Crippen molar-refractivity contribution in [2.24, 2.45) is 7.05 Å². The lowest BCUT2D eigenvalue weighted by molar-refractivity contribution is 0.112. The molecule has 0 saturated carbocycles. The molecule has 4 heteroatoms. The minimum atomic E-state index is 0.531. The standard InChI is InChI=1S/C12H14N2O2/c1-4-10-9(7-15)8-5-12(16-3)13-6-11(8)14(10)2/h5-7H,4H2,1-3H3. The number of hydrogen-bond donors (Lipinski definition) is 0. The Kier molecular flexibility index (Phi) is 2.64. The van der Waals surface area contributed by atoms with Crippen molar-refractivity contribution in [1.82, 2.24) is 9.55 Å². The van der Waals surface area contributed by atoms with E-state index in [-0.39, 0.29) is 0 Å². The van der Waals surface area contributed by atoms with Gasteiger partial charge in [0.1, 0.15) is 0 Å². The first-order valence-corrected chi connectivity index (χ1v) is 5.19. The van der Waals surface area contributed by atoms with Crippen molar-refractivity contribution < 1.29 is 9.53 Å². The quantitative estimate of drug-likeness (QED) is 0.740. The van der Waals surface area contributed by atoms with Gasteiger partial charge in [0, 0.05) is 29.8 Å². The molecule has 2 heterocycles. The summed E-state index contributed by atoms with van der Waals surface area (Å²) in [5.41, 5.74) is 2.72. The maximum Gasteiger partial charge on any atom is 0.213 e. The summed E-state index contributed by atoms with van der Waals surface area (Å²) in [7, 11) is 3.51. The van der Waals surface area contributed by atoms with Crippen LogP contribution in [0.4, 0.5) is 0 Å². The highest BCUT2D eigenvalue weighted by Gasteiger charge is 2.14. The molecular formula is C12H14N2O2. The van der Waals surface area contributed by atoms with Crippen molar-refractivity contribution in [1.29, 1.82) is 0 Å². The summed E-state index contributed by atoms with van der Waals surface area (Å²) in [5, 5.41) is 0.904. The van der Waals surface area contributed by atoms with E-state index >= 15 is 0 Å². The average molecular weight is 218 g/mol. The molecule has 4 nitrogen and oxygen atoms in total. The van der Waals surface area contributed by atoms with Gasteiger partial charge in [0.15, 0.2) is 6.29 Å². The molecule has 0 aromatic carbocycles. The van der Waals surface area contributed by atoms with Crippen molar-refractivity contribution in [2.45, 2.75) is 13.3 Å². The molecule has 0 saturated heterocycles. The largest absolute Gasteiger partial charge is 0.481 e. The molecular weight excluding hydrogens is 204 g/mol. The summed E-state index contributed by atoms with van der Waals surface area (Å²) in [5.74, 6) is 0.531. The number of pyridine rings is 1. The summed E-state index contributed by atoms with van der Waals surface area (Å²) in [6, 6.07) is 1.80. The molecule has 0 atom stereocenters. The maximum atomic E-state index is 11.1. The van der Waals surface area contributed by atoms with E-state index in [0.29, 0.717) is 5.88 Å². The smallest absolute Gasteiger partial charge is 0.213 e. The first-order chi connectivity index (χ1) is 7.72. The second-order valence-corrected chi connectivity index (χ2v) is 3.63. The number of methoxy groups -OCH3 is 1. The van der Waals surface area contributed by atoms with Crippen molar-refractivity contribution in [3.63, 3.8) is 0 Å². The molecule has 0 radical (unpaired) electrons. The minimum absolute atomic E-state index is 0.531. The predicted molar refractivity (Wildman–Crippen MR) is 62.0 cm³/mol. The second kappa shape index (κ2) is 3.96. The van der Waals surface area contributed by atoms with Gasteiger partial charge in [0.25, 0.3) is 0 Å². The molecule has 0 amide bonds. The van der Waals surface area contributed by atoms with Crippen LogP contribution in [-0.2, 0) is 13.5 Å². The molecule has 0 fully saturated rings. The van der Waals surface area contributed by atoms with Crippen LogP contribution >= 0.6 is 0 Å². The molecule has 2 aromatic heterocycles. The first kappa shape index (κ1) is 10.7. The predicted octanol–water partition coefficient (Wildman–Crippen LogP) is 1.96. The fraction of sp³-hybridized carbons (Fsp3) is 0.333. The number of carbonyl (C=O) groups is 1. The number of aryl methyl sites for hydroxylation is 1. The van der Waals surface area contributed by atoms with Gasteiger partial charge in [0.2, 0.25) is 5.88 Å². The van der Waals surface area contributed by atoms with E-state index in [9.17, 15) is 4.79 Å². The number of aromatic nitrogens is 2. The van der Waals surface area contributed by atoms with Gasteiger partial charge in [-0.3, -0.25) is 4.79 Å². The Labute approximate surface area is 93.9 Å². The fourth-order valence-electron chi connectivity index (χ4n) is 2.06. The van der Waals surface area contributed by atoms with Gasteiger partial charge in [-0.15, -0.1) is 0 Å². The van der Waals surface area contributed by atoms with Crippen LogP contribution in [0.1, 0.15) is 23.0 Å². The minimum Gasteiger partial charge on any atom is -0.481 e. The molecule has 0 unspecified atom stereocenters. The van der Waals surface area contributed by atoms with Gasteiger partial charge in [-0.2, -0.15) is 0 Å². The Bertz CT molecular complexity index is 543. The lowest BCUT2D eigenvalue weighted by Crippen LogP contribution is -1.96. The van der Waals surface area contributed by atoms with Crippen LogP contribution in [0, 0.1) is 0 Å². The first-order valence-electron chi connectivity index (χ1n) is 5.19. The van der Waals surface area contributed by atoms with E-state index < -0.39 is 0 Å². The molecule has 84 valence electrons. The lowest BCUT2D eigenvalue weighted by Gasteiger charge is -2.01. The topological polar surface area (TPSA) is 44.1 Å². The van der Waals surface area contributed by atoms with Crippen LogP contribution in [0.25, 0.3) is 10.9 Å². The van der Waals surface area contributed by atoms with Crippen LogP contribution in [0.2, 0.25) is 0 Å². The van der Waals surface area contributed by atoms with Gasteiger partial charge < -0.3 is 9.30 Å². The van der Waals surface area contributed by atoms with Crippen molar-refractivity contribution >= 4 is 17.2 Å². The third-order valence-electron chi connectivity index (χ3n) is 2.89. The number of hydrogen-bond acceptors (Lipinski definition) is 3. The Balaban J connectivity index is 2.83. The van der Waals surface area contributed by atoms with Crippen LogP contribution in [0.5, 0.6) is 5.88 Å². The summed E-state index contributed by atoms with van der Waals surface area (Å²) in [6.07, 6.45) is 3.46. The third kappa shape index (κ3) is 1.38. The van der Waals surface area contributed by atoms with Crippen LogP contribution in [0.3, 0.4) is 0 Å². The summed E-state index contributed by atoms with van der Waals surface area (Å²) in [4.78, 5) is 15.3. The van der Waals surface area contributed by atoms with E-state index in [2.05, 4.69) is 4.98 Å². The van der Waals surface area contributed by atoms with E-state index in [4.69, 9.17) is 4.74 Å². The van der Waals surface area contributed by atoms with E-state index in [1.54, 1.807) is 19.4 Å². The molecule has 2 aromatic rings. The van der Waals surface area contributed by atoms with Crippen LogP contribution < -0.4 is 4.74 Å². The lowest BCUT2D eigenvalue weighted by atomic mass is 10.1. The van der Waals surface area contributed by atoms with Gasteiger partial charge in [-0.1, -0.05) is 6.92 Å². The number of fused-ring (bicyclic) bond motifs is 1. The SMILES string of the molecule is CCc1c(C=O)c2cc(OC)ncc2n1C. The molecule has 0 aliphatic heterocycles. The van der Waals surface area contributed by atoms with Gasteiger partial charge in [0.05, 0.1) is 18.8 Å². The summed E-state index contributed by atoms with van der Waals surface area (Å²) < 4.78 is 7.07. The van der Waals surface area contributed by atoms with Crippen molar-refractivity contribution in [2.75, 3.05) is 7.11 Å². The van der Waals surface area contributed by atoms with Gasteiger partial charge in [-0.05, 0) is 6.42 Å². The second-order valence-electron chi connectivity index (χ2n) is 3.63. The number of nitrogens with zero attached hydrogens (tertiary/aromatic N) is 2. The van der Waals surface area contributed by atoms with E-state index in [1.165, 1.54) is 0 Å². The molecule has 0 spiro atoms. The molecule has 0 aliphatic rings. The third-order valence-corrected chi connectivity index (χ3v) is 2.89. The highest BCUT2D eigenvalue weighted by molar-refractivity contribution is 5.99. The highest BCUT2D eigenvalue weighted by atomic mass is 16.5. The zero-order valence-electron chi connectivity index (χ0n) is 9.65. The molecule has 2 rings (SSSR count). The number of rotatable bonds is 3. The Hall–Kier alpha value is -1.84. The molecule has 0 bridgehead atoms. The molecule has 0 N–H and O–H groups in total. The Morgan fingerprint density at radius 2 is 2.31 bits per heavy atom. The normalized spacial score (nSPS) is 10.7. The maximum absolute atomic E-state index is 11.1. The number of aldehydes is 1. The van der Waals surface area contributed by atoms with Crippen molar-refractivity contribution in [3.8, 4) is 5.88 Å². The van der Waals surface area contributed by atoms with Crippen molar-refractivity contribution in [3.05, 3.63) is 23.5 Å². The fourth-order valence-corrected chi connectivity index (χ4v) is 2.06. The summed E-state index contributed by atoms with van der Waals surface area (Å²) in [6.45, 7) is 2.03. The zero-order valence-corrected chi connectivity index (χ0v) is 9.65. The molecule has 16 heavy (non-hydrogen) atoms. The molecule has 0 aliphatic carbocycles.